The van der Waals surface area contributed by atoms with Gasteiger partial charge in [0.15, 0.2) is 0 Å². The molecule has 1 aliphatic rings. The van der Waals surface area contributed by atoms with E-state index < -0.39 is 0 Å². The molecule has 0 radical (unpaired) electrons. The van der Waals surface area contributed by atoms with E-state index in [1.54, 1.807) is 13.2 Å². The van der Waals surface area contributed by atoms with Crippen LogP contribution in [0.4, 0.5) is 0 Å². The summed E-state index contributed by atoms with van der Waals surface area (Å²) in [5.74, 6) is 0.710. The molecule has 0 saturated heterocycles. The quantitative estimate of drug-likeness (QED) is 0.762. The van der Waals surface area contributed by atoms with Gasteiger partial charge in [-0.2, -0.15) is 0 Å². The average Bonchev–Trinajstić information content (AvgIpc) is 2.62. The Bertz CT molecular complexity index is 765. The summed E-state index contributed by atoms with van der Waals surface area (Å²) in [5, 5.41) is 1.04. The van der Waals surface area contributed by atoms with Crippen molar-refractivity contribution >= 4 is 11.0 Å². The van der Waals surface area contributed by atoms with Gasteiger partial charge in [-0.25, -0.2) is 4.79 Å². The van der Waals surface area contributed by atoms with Gasteiger partial charge in [0.25, 0.3) is 0 Å². The summed E-state index contributed by atoms with van der Waals surface area (Å²) >= 11 is 0. The van der Waals surface area contributed by atoms with Crippen LogP contribution in [0, 0.1) is 0 Å². The summed E-state index contributed by atoms with van der Waals surface area (Å²) in [7, 11) is 1.62. The zero-order chi connectivity index (χ0) is 17.1. The van der Waals surface area contributed by atoms with Crippen LogP contribution in [0.15, 0.2) is 27.4 Å². The molecule has 5 nitrogen and oxygen atoms in total. The summed E-state index contributed by atoms with van der Waals surface area (Å²) in [4.78, 5) is 17.2. The predicted molar refractivity (Wildman–Crippen MR) is 95.8 cm³/mol. The molecule has 24 heavy (non-hydrogen) atoms. The summed E-state index contributed by atoms with van der Waals surface area (Å²) in [6.07, 6.45) is 0.891. The lowest BCUT2D eigenvalue weighted by Gasteiger charge is -2.30. The zero-order valence-corrected chi connectivity index (χ0v) is 14.8. The fourth-order valence-electron chi connectivity index (χ4n) is 3.44. The molecule has 1 aliphatic heterocycles. The van der Waals surface area contributed by atoms with Crippen LogP contribution in [-0.4, -0.2) is 49.6 Å². The lowest BCUT2D eigenvalue weighted by molar-refractivity contribution is 0.200. The summed E-state index contributed by atoms with van der Waals surface area (Å²) in [5.41, 5.74) is 2.37. The number of hydrogen-bond donors (Lipinski definition) is 0. The molecule has 0 saturated carbocycles. The van der Waals surface area contributed by atoms with Gasteiger partial charge in [0.2, 0.25) is 0 Å². The molecule has 0 bridgehead atoms. The van der Waals surface area contributed by atoms with Gasteiger partial charge in [0, 0.05) is 37.6 Å². The second-order valence-electron chi connectivity index (χ2n) is 6.26. The number of hydrogen-bond acceptors (Lipinski definition) is 5. The maximum Gasteiger partial charge on any atom is 0.341 e. The zero-order valence-electron chi connectivity index (χ0n) is 14.8. The van der Waals surface area contributed by atoms with Gasteiger partial charge >= 0.3 is 5.63 Å². The van der Waals surface area contributed by atoms with Crippen molar-refractivity contribution in [3.8, 4) is 5.75 Å². The maximum atomic E-state index is 12.4. The Morgan fingerprint density at radius 2 is 2.04 bits per heavy atom. The standard InChI is InChI=1S/C19H26N2O3/c1-4-20(5-2)10-11-21-9-8-15-16-7-6-14(23-3)12-18(16)24-19(22)17(15)13-21/h6-7,12H,4-5,8-11,13H2,1-3H3. The number of rotatable bonds is 6. The first-order valence-electron chi connectivity index (χ1n) is 8.73. The van der Waals surface area contributed by atoms with Gasteiger partial charge < -0.3 is 14.1 Å². The van der Waals surface area contributed by atoms with Gasteiger partial charge in [0.05, 0.1) is 12.7 Å². The molecule has 0 N–H and O–H groups in total. The number of fused-ring (bicyclic) bond motifs is 3. The van der Waals surface area contributed by atoms with Crippen molar-refractivity contribution in [1.29, 1.82) is 0 Å². The lowest BCUT2D eigenvalue weighted by atomic mass is 9.97. The van der Waals surface area contributed by atoms with Crippen LogP contribution in [0.25, 0.3) is 11.0 Å². The summed E-state index contributed by atoms with van der Waals surface area (Å²) < 4.78 is 10.8. The first kappa shape index (κ1) is 17.0. The largest absolute Gasteiger partial charge is 0.497 e. The van der Waals surface area contributed by atoms with Crippen LogP contribution in [0.1, 0.15) is 25.0 Å². The van der Waals surface area contributed by atoms with E-state index in [1.165, 1.54) is 0 Å². The smallest absolute Gasteiger partial charge is 0.341 e. The molecule has 130 valence electrons. The Labute approximate surface area is 142 Å². The average molecular weight is 330 g/mol. The van der Waals surface area contributed by atoms with Crippen LogP contribution in [-0.2, 0) is 13.0 Å². The molecule has 0 spiro atoms. The van der Waals surface area contributed by atoms with Gasteiger partial charge in [-0.1, -0.05) is 13.8 Å². The Morgan fingerprint density at radius 3 is 2.75 bits per heavy atom. The molecule has 0 aliphatic carbocycles. The van der Waals surface area contributed by atoms with Crippen molar-refractivity contribution in [2.75, 3.05) is 39.8 Å². The third kappa shape index (κ3) is 3.32. The minimum Gasteiger partial charge on any atom is -0.497 e. The monoisotopic (exact) mass is 330 g/mol. The molecule has 0 atom stereocenters. The van der Waals surface area contributed by atoms with Crippen molar-refractivity contribution in [2.45, 2.75) is 26.8 Å². The fraction of sp³-hybridized carbons (Fsp3) is 0.526. The highest BCUT2D eigenvalue weighted by Crippen LogP contribution is 2.27. The molecule has 0 unspecified atom stereocenters. The predicted octanol–water partition coefficient (Wildman–Crippen LogP) is 2.50. The van der Waals surface area contributed by atoms with Crippen LogP contribution in [0.3, 0.4) is 0 Å². The molecule has 2 heterocycles. The molecule has 1 aromatic carbocycles. The van der Waals surface area contributed by atoms with Crippen molar-refractivity contribution < 1.29 is 9.15 Å². The van der Waals surface area contributed by atoms with E-state index in [-0.39, 0.29) is 5.63 Å². The Hall–Kier alpha value is -1.85. The normalized spacial score (nSPS) is 15.0. The lowest BCUT2D eigenvalue weighted by Crippen LogP contribution is -2.39. The van der Waals surface area contributed by atoms with Crippen LogP contribution in [0.5, 0.6) is 5.75 Å². The van der Waals surface area contributed by atoms with E-state index >= 15 is 0 Å². The SMILES string of the molecule is CCN(CC)CCN1CCc2c(c(=O)oc3cc(OC)ccc23)C1. The molecular weight excluding hydrogens is 304 g/mol. The molecular formula is C19H26N2O3. The number of nitrogens with zero attached hydrogens (tertiary/aromatic N) is 2. The highest BCUT2D eigenvalue weighted by Gasteiger charge is 2.23. The number of methoxy groups -OCH3 is 1. The van der Waals surface area contributed by atoms with Gasteiger partial charge in [-0.3, -0.25) is 4.90 Å². The van der Waals surface area contributed by atoms with E-state index in [0.717, 1.165) is 55.7 Å². The number of benzene rings is 1. The summed E-state index contributed by atoms with van der Waals surface area (Å²) in [6.45, 7) is 10.2. The Morgan fingerprint density at radius 1 is 1.25 bits per heavy atom. The number of ether oxygens (including phenoxy) is 1. The van der Waals surface area contributed by atoms with Crippen molar-refractivity contribution in [3.63, 3.8) is 0 Å². The fourth-order valence-corrected chi connectivity index (χ4v) is 3.44. The van der Waals surface area contributed by atoms with Gasteiger partial charge in [0.1, 0.15) is 11.3 Å². The summed E-state index contributed by atoms with van der Waals surface area (Å²) in [6, 6.07) is 5.72. The topological polar surface area (TPSA) is 45.9 Å². The second kappa shape index (κ2) is 7.36. The third-order valence-electron chi connectivity index (χ3n) is 5.01. The van der Waals surface area contributed by atoms with Crippen LogP contribution in [0.2, 0.25) is 0 Å². The van der Waals surface area contributed by atoms with E-state index in [2.05, 4.69) is 23.6 Å². The third-order valence-corrected chi connectivity index (χ3v) is 5.01. The van der Waals surface area contributed by atoms with Gasteiger partial charge in [-0.15, -0.1) is 0 Å². The van der Waals surface area contributed by atoms with Gasteiger partial charge in [-0.05, 0) is 37.2 Å². The van der Waals surface area contributed by atoms with E-state index in [1.807, 2.05) is 12.1 Å². The van der Waals surface area contributed by atoms with Crippen molar-refractivity contribution in [2.24, 2.45) is 0 Å². The van der Waals surface area contributed by atoms with E-state index in [0.29, 0.717) is 17.9 Å². The molecule has 2 aromatic rings. The molecule has 1 aromatic heterocycles. The van der Waals surface area contributed by atoms with E-state index in [4.69, 9.17) is 9.15 Å². The Kier molecular flexibility index (Phi) is 5.21. The Balaban J connectivity index is 1.84. The first-order valence-corrected chi connectivity index (χ1v) is 8.73. The minimum absolute atomic E-state index is 0.210. The van der Waals surface area contributed by atoms with Crippen molar-refractivity contribution in [3.05, 3.63) is 39.7 Å². The van der Waals surface area contributed by atoms with Crippen molar-refractivity contribution in [1.82, 2.24) is 9.80 Å². The first-order chi connectivity index (χ1) is 11.7. The highest BCUT2D eigenvalue weighted by molar-refractivity contribution is 5.82. The molecule has 0 amide bonds. The van der Waals surface area contributed by atoms with Crippen LogP contribution >= 0.6 is 0 Å². The van der Waals surface area contributed by atoms with Crippen LogP contribution < -0.4 is 10.4 Å². The molecule has 5 heteroatoms. The van der Waals surface area contributed by atoms with E-state index in [9.17, 15) is 4.79 Å². The highest BCUT2D eigenvalue weighted by atomic mass is 16.5. The second-order valence-corrected chi connectivity index (χ2v) is 6.26. The molecule has 3 rings (SSSR count). The number of likely N-dealkylation sites (N-methyl/N-ethyl adjacent to an activating group) is 1. The maximum absolute atomic E-state index is 12.4. The minimum atomic E-state index is -0.210. The molecule has 0 fully saturated rings.